The van der Waals surface area contributed by atoms with Crippen LogP contribution in [0, 0.1) is 5.41 Å². The smallest absolute Gasteiger partial charge is 0.243 e. The van der Waals surface area contributed by atoms with Crippen LogP contribution in [-0.2, 0) is 14.8 Å². The lowest BCUT2D eigenvalue weighted by Crippen LogP contribution is -2.52. The predicted molar refractivity (Wildman–Crippen MR) is 104 cm³/mol. The Bertz CT molecular complexity index is 861. The lowest BCUT2D eigenvalue weighted by molar-refractivity contribution is 0.0350. The van der Waals surface area contributed by atoms with Gasteiger partial charge in [-0.05, 0) is 37.1 Å². The summed E-state index contributed by atoms with van der Waals surface area (Å²) in [5.74, 6) is 0. The Morgan fingerprint density at radius 2 is 1.89 bits per heavy atom. The fourth-order valence-electron chi connectivity index (χ4n) is 4.11. The molecule has 2 aliphatic rings. The molecule has 2 fully saturated rings. The van der Waals surface area contributed by atoms with Crippen molar-refractivity contribution in [2.24, 2.45) is 5.41 Å². The van der Waals surface area contributed by atoms with Crippen molar-refractivity contribution in [2.75, 3.05) is 44.3 Å². The molecule has 0 saturated carbocycles. The molecule has 0 bridgehead atoms. The molecule has 0 radical (unpaired) electrons. The summed E-state index contributed by atoms with van der Waals surface area (Å²) in [6.45, 7) is 3.85. The molecule has 2 saturated heterocycles. The Morgan fingerprint density at radius 3 is 2.67 bits per heavy atom. The largest absolute Gasteiger partial charge is 0.379 e. The number of piperidine rings is 1. The number of sulfonamides is 1. The first-order chi connectivity index (χ1) is 13.1. The molecule has 0 N–H and O–H groups in total. The number of nitrogens with zero attached hydrogens (tertiary/aromatic N) is 3. The van der Waals surface area contributed by atoms with Gasteiger partial charge >= 0.3 is 0 Å². The zero-order chi connectivity index (χ0) is 18.7. The van der Waals surface area contributed by atoms with E-state index in [-0.39, 0.29) is 5.41 Å². The van der Waals surface area contributed by atoms with Crippen LogP contribution >= 0.6 is 0 Å². The molecule has 3 heterocycles. The summed E-state index contributed by atoms with van der Waals surface area (Å²) in [5, 5.41) is 0. The number of benzene rings is 1. The van der Waals surface area contributed by atoms with Gasteiger partial charge in [-0.1, -0.05) is 18.2 Å². The van der Waals surface area contributed by atoms with Crippen LogP contribution in [0.4, 0.5) is 5.69 Å². The highest BCUT2D eigenvalue weighted by Gasteiger charge is 2.42. The number of aromatic nitrogens is 1. The zero-order valence-electron chi connectivity index (χ0n) is 15.3. The van der Waals surface area contributed by atoms with Crippen LogP contribution in [0.5, 0.6) is 0 Å². The highest BCUT2D eigenvalue weighted by molar-refractivity contribution is 7.89. The normalized spacial score (nSPS) is 24.7. The van der Waals surface area contributed by atoms with Gasteiger partial charge in [0.05, 0.1) is 30.0 Å². The van der Waals surface area contributed by atoms with E-state index in [2.05, 4.69) is 9.88 Å². The molecule has 144 valence electrons. The first-order valence-corrected chi connectivity index (χ1v) is 10.8. The van der Waals surface area contributed by atoms with Crippen molar-refractivity contribution in [1.29, 1.82) is 0 Å². The van der Waals surface area contributed by atoms with E-state index in [4.69, 9.17) is 4.74 Å². The van der Waals surface area contributed by atoms with E-state index in [9.17, 15) is 8.42 Å². The molecule has 6 nitrogen and oxygen atoms in total. The van der Waals surface area contributed by atoms with Crippen LogP contribution in [0.1, 0.15) is 12.8 Å². The van der Waals surface area contributed by atoms with E-state index in [1.807, 2.05) is 24.4 Å². The fraction of sp³-hybridized carbons (Fsp3) is 0.450. The Balaban J connectivity index is 1.59. The van der Waals surface area contributed by atoms with Gasteiger partial charge in [-0.3, -0.25) is 4.98 Å². The number of hydrogen-bond acceptors (Lipinski definition) is 5. The van der Waals surface area contributed by atoms with Crippen molar-refractivity contribution >= 4 is 15.7 Å². The molecule has 2 aliphatic heterocycles. The van der Waals surface area contributed by atoms with E-state index in [1.54, 1.807) is 34.8 Å². The van der Waals surface area contributed by atoms with Crippen LogP contribution in [0.25, 0.3) is 0 Å². The van der Waals surface area contributed by atoms with Crippen LogP contribution in [0.3, 0.4) is 0 Å². The quantitative estimate of drug-likeness (QED) is 0.809. The van der Waals surface area contributed by atoms with Gasteiger partial charge in [0.25, 0.3) is 0 Å². The minimum atomic E-state index is -3.48. The second-order valence-corrected chi connectivity index (χ2v) is 9.38. The Labute approximate surface area is 160 Å². The maximum absolute atomic E-state index is 13.1. The molecule has 27 heavy (non-hydrogen) atoms. The van der Waals surface area contributed by atoms with Gasteiger partial charge in [-0.25, -0.2) is 8.42 Å². The van der Waals surface area contributed by atoms with Gasteiger partial charge in [0.15, 0.2) is 0 Å². The highest BCUT2D eigenvalue weighted by atomic mass is 32.2. The average molecular weight is 388 g/mol. The monoisotopic (exact) mass is 387 g/mol. The third kappa shape index (κ3) is 3.85. The van der Waals surface area contributed by atoms with Crippen molar-refractivity contribution < 1.29 is 13.2 Å². The molecular formula is C20H25N3O3S. The summed E-state index contributed by atoms with van der Waals surface area (Å²) in [4.78, 5) is 6.87. The molecule has 1 aromatic heterocycles. The summed E-state index contributed by atoms with van der Waals surface area (Å²) in [7, 11) is -3.48. The lowest BCUT2D eigenvalue weighted by atomic mass is 9.81. The molecule has 1 spiro atoms. The van der Waals surface area contributed by atoms with Crippen molar-refractivity contribution in [3.05, 3.63) is 54.9 Å². The van der Waals surface area contributed by atoms with E-state index >= 15 is 0 Å². The second kappa shape index (κ2) is 7.58. The van der Waals surface area contributed by atoms with Crippen LogP contribution in [0.2, 0.25) is 0 Å². The minimum Gasteiger partial charge on any atom is -0.379 e. The van der Waals surface area contributed by atoms with Crippen molar-refractivity contribution in [2.45, 2.75) is 17.7 Å². The number of rotatable bonds is 3. The standard InChI is InChI=1S/C20H25N3O3S/c24-27(25,19-7-2-1-3-8-19)23-11-5-9-20(16-23)15-22(12-13-26-17-20)18-6-4-10-21-14-18/h1-4,6-8,10,14H,5,9,11-13,15-17H2. The SMILES string of the molecule is O=S(=O)(c1ccccc1)N1CCCC2(COCCN(c3cccnc3)C2)C1. The van der Waals surface area contributed by atoms with Gasteiger partial charge < -0.3 is 9.64 Å². The summed E-state index contributed by atoms with van der Waals surface area (Å²) in [5.41, 5.74) is 0.859. The van der Waals surface area contributed by atoms with Crippen LogP contribution in [0.15, 0.2) is 59.8 Å². The number of hydrogen-bond donors (Lipinski definition) is 0. The number of ether oxygens (including phenoxy) is 1. The van der Waals surface area contributed by atoms with Crippen molar-refractivity contribution in [3.63, 3.8) is 0 Å². The van der Waals surface area contributed by atoms with Gasteiger partial charge in [0.1, 0.15) is 0 Å². The third-order valence-electron chi connectivity index (χ3n) is 5.46. The molecule has 0 aliphatic carbocycles. The molecular weight excluding hydrogens is 362 g/mol. The Hall–Kier alpha value is -1.96. The van der Waals surface area contributed by atoms with Gasteiger partial charge in [0.2, 0.25) is 10.0 Å². The first kappa shape index (κ1) is 18.4. The third-order valence-corrected chi connectivity index (χ3v) is 7.32. The maximum atomic E-state index is 13.1. The van der Waals surface area contributed by atoms with E-state index < -0.39 is 10.0 Å². The molecule has 7 heteroatoms. The highest BCUT2D eigenvalue weighted by Crippen LogP contribution is 2.36. The van der Waals surface area contributed by atoms with Crippen molar-refractivity contribution in [1.82, 2.24) is 9.29 Å². The van der Waals surface area contributed by atoms with Crippen LogP contribution < -0.4 is 4.90 Å². The van der Waals surface area contributed by atoms with Gasteiger partial charge in [-0.2, -0.15) is 4.31 Å². The summed E-state index contributed by atoms with van der Waals surface area (Å²) in [6.07, 6.45) is 5.43. The molecule has 2 aromatic rings. The molecule has 0 amide bonds. The Morgan fingerprint density at radius 1 is 1.04 bits per heavy atom. The van der Waals surface area contributed by atoms with Crippen molar-refractivity contribution in [3.8, 4) is 0 Å². The fourth-order valence-corrected chi connectivity index (χ4v) is 5.72. The van der Waals surface area contributed by atoms with E-state index in [1.165, 1.54) is 0 Å². The summed E-state index contributed by atoms with van der Waals surface area (Å²) >= 11 is 0. The molecule has 1 unspecified atom stereocenters. The topological polar surface area (TPSA) is 62.7 Å². The summed E-state index contributed by atoms with van der Waals surface area (Å²) < 4.78 is 33.8. The average Bonchev–Trinajstić information content (AvgIpc) is 2.92. The lowest BCUT2D eigenvalue weighted by Gasteiger charge is -2.43. The van der Waals surface area contributed by atoms with Gasteiger partial charge in [-0.15, -0.1) is 0 Å². The predicted octanol–water partition coefficient (Wildman–Crippen LogP) is 2.39. The van der Waals surface area contributed by atoms with E-state index in [0.29, 0.717) is 31.2 Å². The minimum absolute atomic E-state index is 0.202. The van der Waals surface area contributed by atoms with E-state index in [0.717, 1.165) is 31.6 Å². The maximum Gasteiger partial charge on any atom is 0.243 e. The van der Waals surface area contributed by atoms with Gasteiger partial charge in [0, 0.05) is 37.8 Å². The van der Waals surface area contributed by atoms with Crippen LogP contribution in [-0.4, -0.2) is 57.1 Å². The Kier molecular flexibility index (Phi) is 5.16. The number of pyridine rings is 1. The number of anilines is 1. The second-order valence-electron chi connectivity index (χ2n) is 7.44. The molecule has 1 atom stereocenters. The zero-order valence-corrected chi connectivity index (χ0v) is 16.1. The molecule has 1 aromatic carbocycles. The molecule has 4 rings (SSSR count). The summed E-state index contributed by atoms with van der Waals surface area (Å²) in [6, 6.07) is 12.7. The first-order valence-electron chi connectivity index (χ1n) is 9.37.